The molecule has 0 aliphatic carbocycles. The molecule has 0 N–H and O–H groups in total. The number of benzene rings is 2. The van der Waals surface area contributed by atoms with Gasteiger partial charge in [0.1, 0.15) is 5.92 Å². The van der Waals surface area contributed by atoms with Crippen LogP contribution in [0.3, 0.4) is 0 Å². The molecule has 29 heavy (non-hydrogen) atoms. The number of hydrogen-bond donors (Lipinski definition) is 0. The molecule has 3 atom stereocenters. The highest BCUT2D eigenvalue weighted by Crippen LogP contribution is 2.36. The summed E-state index contributed by atoms with van der Waals surface area (Å²) in [4.78, 5) is 39.5. The minimum Gasteiger partial charge on any atom is -0.469 e. The number of ether oxygens (including phenoxy) is 1. The predicted molar refractivity (Wildman–Crippen MR) is 109 cm³/mol. The molecule has 1 aliphatic heterocycles. The second kappa shape index (κ2) is 8.90. The zero-order valence-electron chi connectivity index (χ0n) is 16.9. The molecule has 152 valence electrons. The standard InChI is InChI=1S/C23H26N2O4/c1-4-11-19-20(23(28)29-3)16(2)24(21(26)17-12-7-5-8-13-17)25(19)22(27)18-14-9-6-10-15-18/h5-10,12-16,19-20H,4,11H2,1-3H3/t16-,19+,20-/m1/s1. The molecule has 0 unspecified atom stereocenters. The molecule has 2 aromatic rings. The second-order valence-corrected chi connectivity index (χ2v) is 7.18. The van der Waals surface area contributed by atoms with Gasteiger partial charge in [-0.15, -0.1) is 0 Å². The van der Waals surface area contributed by atoms with Crippen molar-refractivity contribution < 1.29 is 19.1 Å². The van der Waals surface area contributed by atoms with E-state index in [-0.39, 0.29) is 11.8 Å². The van der Waals surface area contributed by atoms with Crippen LogP contribution in [0.1, 0.15) is 47.4 Å². The number of hydrogen-bond acceptors (Lipinski definition) is 4. The van der Waals surface area contributed by atoms with Gasteiger partial charge in [-0.2, -0.15) is 0 Å². The van der Waals surface area contributed by atoms with E-state index in [1.165, 1.54) is 17.1 Å². The third-order valence-electron chi connectivity index (χ3n) is 5.38. The summed E-state index contributed by atoms with van der Waals surface area (Å²) in [7, 11) is 1.34. The summed E-state index contributed by atoms with van der Waals surface area (Å²) in [5.41, 5.74) is 0.933. The third kappa shape index (κ3) is 3.88. The van der Waals surface area contributed by atoms with Crippen LogP contribution >= 0.6 is 0 Å². The molecule has 1 saturated heterocycles. The summed E-state index contributed by atoms with van der Waals surface area (Å²) >= 11 is 0. The Morgan fingerprint density at radius 3 is 1.79 bits per heavy atom. The highest BCUT2D eigenvalue weighted by atomic mass is 16.5. The van der Waals surface area contributed by atoms with Gasteiger partial charge in [0, 0.05) is 11.1 Å². The molecule has 2 amide bonds. The Morgan fingerprint density at radius 1 is 0.862 bits per heavy atom. The van der Waals surface area contributed by atoms with Crippen molar-refractivity contribution in [2.24, 2.45) is 5.92 Å². The first-order valence-corrected chi connectivity index (χ1v) is 9.86. The van der Waals surface area contributed by atoms with Gasteiger partial charge in [-0.05, 0) is 37.6 Å². The lowest BCUT2D eigenvalue weighted by Gasteiger charge is -2.33. The molecule has 0 aromatic heterocycles. The molecule has 1 heterocycles. The van der Waals surface area contributed by atoms with E-state index in [0.717, 1.165) is 6.42 Å². The van der Waals surface area contributed by atoms with Gasteiger partial charge in [0.05, 0.1) is 19.2 Å². The van der Waals surface area contributed by atoms with Gasteiger partial charge in [-0.1, -0.05) is 49.7 Å². The molecule has 1 aliphatic rings. The zero-order chi connectivity index (χ0) is 21.0. The third-order valence-corrected chi connectivity index (χ3v) is 5.38. The monoisotopic (exact) mass is 394 g/mol. The lowest BCUT2D eigenvalue weighted by atomic mass is 9.91. The van der Waals surface area contributed by atoms with Crippen LogP contribution in [-0.4, -0.2) is 47.0 Å². The number of hydrazine groups is 1. The lowest BCUT2D eigenvalue weighted by molar-refractivity contribution is -0.146. The Labute approximate surface area is 171 Å². The zero-order valence-corrected chi connectivity index (χ0v) is 16.9. The SMILES string of the molecule is CCC[C@H]1[C@H](C(=O)OC)[C@@H](C)N(C(=O)c2ccccc2)N1C(=O)c1ccccc1. The van der Waals surface area contributed by atoms with Gasteiger partial charge >= 0.3 is 5.97 Å². The molecule has 6 nitrogen and oxygen atoms in total. The van der Waals surface area contributed by atoms with E-state index in [2.05, 4.69) is 0 Å². The van der Waals surface area contributed by atoms with Crippen LogP contribution in [0.4, 0.5) is 0 Å². The molecule has 2 aromatic carbocycles. The molecule has 0 radical (unpaired) electrons. The molecular weight excluding hydrogens is 368 g/mol. The van der Waals surface area contributed by atoms with E-state index in [1.807, 2.05) is 19.1 Å². The smallest absolute Gasteiger partial charge is 0.313 e. The molecule has 0 saturated carbocycles. The number of methoxy groups -OCH3 is 1. The van der Waals surface area contributed by atoms with Crippen LogP contribution in [0, 0.1) is 5.92 Å². The average molecular weight is 394 g/mol. The molecular formula is C23H26N2O4. The average Bonchev–Trinajstić information content (AvgIpc) is 3.05. The van der Waals surface area contributed by atoms with Crippen molar-refractivity contribution >= 4 is 17.8 Å². The first-order chi connectivity index (χ1) is 14.0. The van der Waals surface area contributed by atoms with Crippen LogP contribution < -0.4 is 0 Å². The van der Waals surface area contributed by atoms with Crippen LogP contribution in [-0.2, 0) is 9.53 Å². The van der Waals surface area contributed by atoms with E-state index in [0.29, 0.717) is 17.5 Å². The van der Waals surface area contributed by atoms with Crippen molar-refractivity contribution in [3.8, 4) is 0 Å². The highest BCUT2D eigenvalue weighted by molar-refractivity contribution is 6.00. The number of carbonyl (C=O) groups excluding carboxylic acids is 3. The van der Waals surface area contributed by atoms with Gasteiger partial charge in [0.2, 0.25) is 0 Å². The minimum atomic E-state index is -0.611. The summed E-state index contributed by atoms with van der Waals surface area (Å²) in [6.07, 6.45) is 1.35. The van der Waals surface area contributed by atoms with E-state index < -0.39 is 24.0 Å². The number of amides is 2. The minimum absolute atomic E-state index is 0.299. The molecule has 0 spiro atoms. The Balaban J connectivity index is 2.09. The highest BCUT2D eigenvalue weighted by Gasteiger charge is 2.53. The van der Waals surface area contributed by atoms with Crippen molar-refractivity contribution in [3.05, 3.63) is 71.8 Å². The van der Waals surface area contributed by atoms with Crippen molar-refractivity contribution in [3.63, 3.8) is 0 Å². The summed E-state index contributed by atoms with van der Waals surface area (Å²) in [6, 6.07) is 16.6. The van der Waals surface area contributed by atoms with Crippen LogP contribution in [0.2, 0.25) is 0 Å². The van der Waals surface area contributed by atoms with E-state index in [1.54, 1.807) is 55.5 Å². The first kappa shape index (κ1) is 20.6. The van der Waals surface area contributed by atoms with Crippen molar-refractivity contribution in [2.75, 3.05) is 7.11 Å². The Hall–Kier alpha value is -3.15. The van der Waals surface area contributed by atoms with Gasteiger partial charge in [-0.3, -0.25) is 14.4 Å². The van der Waals surface area contributed by atoms with Crippen molar-refractivity contribution in [1.82, 2.24) is 10.0 Å². The van der Waals surface area contributed by atoms with Crippen LogP contribution in [0.15, 0.2) is 60.7 Å². The van der Waals surface area contributed by atoms with Gasteiger partial charge in [-0.25, -0.2) is 10.0 Å². The molecule has 0 bridgehead atoms. The first-order valence-electron chi connectivity index (χ1n) is 9.86. The Kier molecular flexibility index (Phi) is 6.32. The molecule has 1 fully saturated rings. The van der Waals surface area contributed by atoms with Gasteiger partial charge < -0.3 is 4.74 Å². The maximum atomic E-state index is 13.5. The summed E-state index contributed by atoms with van der Waals surface area (Å²) in [5, 5.41) is 2.91. The van der Waals surface area contributed by atoms with Crippen molar-refractivity contribution in [1.29, 1.82) is 0 Å². The van der Waals surface area contributed by atoms with Gasteiger partial charge in [0.15, 0.2) is 0 Å². The van der Waals surface area contributed by atoms with Crippen molar-refractivity contribution in [2.45, 2.75) is 38.8 Å². The second-order valence-electron chi connectivity index (χ2n) is 7.18. The summed E-state index contributed by atoms with van der Waals surface area (Å²) in [6.45, 7) is 3.79. The lowest BCUT2D eigenvalue weighted by Crippen LogP contribution is -2.50. The molecule has 6 heteroatoms. The number of rotatable bonds is 5. The van der Waals surface area contributed by atoms with E-state index >= 15 is 0 Å². The maximum absolute atomic E-state index is 13.5. The fourth-order valence-electron chi connectivity index (χ4n) is 4.03. The summed E-state index contributed by atoms with van der Waals surface area (Å²) in [5.74, 6) is -1.63. The fourth-order valence-corrected chi connectivity index (χ4v) is 4.03. The Bertz CT molecular complexity index is 869. The van der Waals surface area contributed by atoms with E-state index in [9.17, 15) is 14.4 Å². The maximum Gasteiger partial charge on any atom is 0.313 e. The topological polar surface area (TPSA) is 66.9 Å². The number of esters is 1. The quantitative estimate of drug-likeness (QED) is 0.728. The summed E-state index contributed by atoms with van der Waals surface area (Å²) < 4.78 is 5.03. The van der Waals surface area contributed by atoms with Gasteiger partial charge in [0.25, 0.3) is 11.8 Å². The number of nitrogens with zero attached hydrogens (tertiary/aromatic N) is 2. The van der Waals surface area contributed by atoms with Crippen LogP contribution in [0.25, 0.3) is 0 Å². The normalized spacial score (nSPS) is 21.1. The largest absolute Gasteiger partial charge is 0.469 e. The van der Waals surface area contributed by atoms with Crippen LogP contribution in [0.5, 0.6) is 0 Å². The van der Waals surface area contributed by atoms with E-state index in [4.69, 9.17) is 4.74 Å². The number of carbonyl (C=O) groups is 3. The fraction of sp³-hybridized carbons (Fsp3) is 0.348. The molecule has 3 rings (SSSR count). The predicted octanol–water partition coefficient (Wildman–Crippen LogP) is 3.55. The Morgan fingerprint density at radius 2 is 1.34 bits per heavy atom.